The highest BCUT2D eigenvalue weighted by molar-refractivity contribution is 7.92. The lowest BCUT2D eigenvalue weighted by Gasteiger charge is -2.16. The minimum absolute atomic E-state index is 0.270. The van der Waals surface area contributed by atoms with E-state index in [9.17, 15) is 9.00 Å². The molecule has 1 aliphatic carbocycles. The van der Waals surface area contributed by atoms with Gasteiger partial charge in [-0.1, -0.05) is 0 Å². The summed E-state index contributed by atoms with van der Waals surface area (Å²) in [4.78, 5) is 23.0. The molecular formula is C27H31N7O3S. The number of hydrogen-bond donors (Lipinski definition) is 1. The van der Waals surface area contributed by atoms with E-state index in [0.29, 0.717) is 59.5 Å². The Balaban J connectivity index is 1.48. The molecule has 4 aromatic rings. The minimum atomic E-state index is -2.32. The van der Waals surface area contributed by atoms with Crippen LogP contribution in [0.1, 0.15) is 35.3 Å². The number of amides is 1. The van der Waals surface area contributed by atoms with Gasteiger partial charge in [-0.15, -0.1) is 0 Å². The van der Waals surface area contributed by atoms with Gasteiger partial charge in [-0.25, -0.2) is 13.9 Å². The second kappa shape index (κ2) is 9.23. The van der Waals surface area contributed by atoms with Gasteiger partial charge in [0.1, 0.15) is 0 Å². The lowest BCUT2D eigenvalue weighted by Crippen LogP contribution is -2.18. The van der Waals surface area contributed by atoms with E-state index in [4.69, 9.17) is 9.72 Å². The van der Waals surface area contributed by atoms with E-state index in [1.165, 1.54) is 0 Å². The molecule has 0 unspecified atom stereocenters. The maximum Gasteiger partial charge on any atom is 0.258 e. The molecule has 1 N–H and O–H groups in total. The van der Waals surface area contributed by atoms with E-state index >= 15 is 0 Å². The number of hydrogen-bond acceptors (Lipinski definition) is 7. The average molecular weight is 534 g/mol. The van der Waals surface area contributed by atoms with Gasteiger partial charge in [0.05, 0.1) is 40.8 Å². The molecule has 6 rings (SSSR count). The van der Waals surface area contributed by atoms with Crippen LogP contribution in [0.4, 0.5) is 11.6 Å². The summed E-state index contributed by atoms with van der Waals surface area (Å²) < 4.78 is 26.8. The van der Waals surface area contributed by atoms with Gasteiger partial charge >= 0.3 is 0 Å². The van der Waals surface area contributed by atoms with E-state index in [1.807, 2.05) is 32.2 Å². The second-order valence-electron chi connectivity index (χ2n) is 10.7. The first kappa shape index (κ1) is 24.6. The Hall–Kier alpha value is -3.73. The van der Waals surface area contributed by atoms with Crippen molar-refractivity contribution in [3.05, 3.63) is 47.8 Å². The fourth-order valence-electron chi connectivity index (χ4n) is 5.54. The number of nitrogens with one attached hydrogen (secondary N) is 1. The molecule has 1 aliphatic heterocycles. The highest BCUT2D eigenvalue weighted by Crippen LogP contribution is 2.37. The molecule has 4 bridgehead atoms. The van der Waals surface area contributed by atoms with Gasteiger partial charge in [0, 0.05) is 47.1 Å². The lowest BCUT2D eigenvalue weighted by molar-refractivity contribution is 0.102. The summed E-state index contributed by atoms with van der Waals surface area (Å²) in [6.45, 7) is 3.17. The zero-order valence-electron chi connectivity index (χ0n) is 22.0. The first-order chi connectivity index (χ1) is 18.1. The molecule has 1 saturated carbocycles. The zero-order chi connectivity index (χ0) is 26.6. The van der Waals surface area contributed by atoms with Crippen molar-refractivity contribution in [3.63, 3.8) is 0 Å². The van der Waals surface area contributed by atoms with E-state index in [0.717, 1.165) is 35.9 Å². The number of anilines is 1. The molecule has 0 saturated heterocycles. The topological polar surface area (TPSA) is 116 Å². The third kappa shape index (κ3) is 4.78. The van der Waals surface area contributed by atoms with Crippen LogP contribution in [0.5, 0.6) is 5.88 Å². The van der Waals surface area contributed by atoms with Gasteiger partial charge in [0.2, 0.25) is 11.8 Å². The molecule has 1 aromatic carbocycles. The van der Waals surface area contributed by atoms with Gasteiger partial charge in [-0.2, -0.15) is 9.46 Å². The molecule has 1 fully saturated rings. The number of ether oxygens (including phenoxy) is 1. The van der Waals surface area contributed by atoms with E-state index in [2.05, 4.69) is 24.3 Å². The fraction of sp³-hybridized carbons (Fsp3) is 0.407. The number of nitrogens with zero attached hydrogens (tertiary/aromatic N) is 6. The Labute approximate surface area is 221 Å². The number of carbonyl (C=O) groups is 1. The number of aromatic nitrogens is 5. The minimum Gasteiger partial charge on any atom is -0.477 e. The number of benzene rings is 1. The van der Waals surface area contributed by atoms with Gasteiger partial charge in [-0.05, 0) is 68.4 Å². The first-order valence-electron chi connectivity index (χ1n) is 12.8. The van der Waals surface area contributed by atoms with Gasteiger partial charge in [-0.3, -0.25) is 15.1 Å². The predicted molar refractivity (Wildman–Crippen MR) is 147 cm³/mol. The van der Waals surface area contributed by atoms with Crippen molar-refractivity contribution in [2.75, 3.05) is 24.4 Å². The van der Waals surface area contributed by atoms with Crippen molar-refractivity contribution in [3.8, 4) is 17.1 Å². The zero-order valence-corrected chi connectivity index (χ0v) is 22.8. The molecular weight excluding hydrogens is 502 g/mol. The van der Waals surface area contributed by atoms with Crippen LogP contribution in [0, 0.1) is 18.8 Å². The molecule has 11 heteroatoms. The predicted octanol–water partition coefficient (Wildman–Crippen LogP) is 4.56. The van der Waals surface area contributed by atoms with Crippen molar-refractivity contribution in [2.45, 2.75) is 32.7 Å². The molecule has 10 nitrogen and oxygen atoms in total. The highest BCUT2D eigenvalue weighted by Gasteiger charge is 2.29. The van der Waals surface area contributed by atoms with Crippen LogP contribution >= 0.6 is 0 Å². The molecule has 3 aromatic heterocycles. The summed E-state index contributed by atoms with van der Waals surface area (Å²) in [5.41, 5.74) is 4.85. The smallest absolute Gasteiger partial charge is 0.258 e. The fourth-order valence-corrected chi connectivity index (χ4v) is 6.16. The molecule has 4 heterocycles. The van der Waals surface area contributed by atoms with Crippen LogP contribution in [0.2, 0.25) is 0 Å². The maximum atomic E-state index is 13.5. The monoisotopic (exact) mass is 533 g/mol. The Kier molecular flexibility index (Phi) is 5.97. The normalized spacial score (nSPS) is 19.6. The van der Waals surface area contributed by atoms with Crippen LogP contribution in [0.15, 0.2) is 40.9 Å². The molecule has 198 valence electrons. The average Bonchev–Trinajstić information content (AvgIpc) is 3.54. The SMILES string of the molecule is Cc1cc2cc(n1)-c1cnn(C)c1OC[C@H]1CC[C@H](C1)Cn1c(nc3ccc(N=S(C)(C)=O)cc31)NC2=O. The van der Waals surface area contributed by atoms with E-state index < -0.39 is 9.73 Å². The van der Waals surface area contributed by atoms with Crippen LogP contribution in [-0.2, 0) is 23.3 Å². The number of carbonyl (C=O) groups excluding carboxylic acids is 1. The Morgan fingerprint density at radius 3 is 2.76 bits per heavy atom. The van der Waals surface area contributed by atoms with Crippen molar-refractivity contribution in [1.82, 2.24) is 24.3 Å². The van der Waals surface area contributed by atoms with Crippen LogP contribution in [0.3, 0.4) is 0 Å². The second-order valence-corrected chi connectivity index (χ2v) is 13.2. The van der Waals surface area contributed by atoms with Crippen molar-refractivity contribution < 1.29 is 13.7 Å². The number of rotatable bonds is 1. The largest absolute Gasteiger partial charge is 0.477 e. The van der Waals surface area contributed by atoms with Gasteiger partial charge in [0.15, 0.2) is 0 Å². The molecule has 2 aliphatic rings. The summed E-state index contributed by atoms with van der Waals surface area (Å²) in [6.07, 6.45) is 8.10. The summed E-state index contributed by atoms with van der Waals surface area (Å²) in [7, 11) is -0.461. The lowest BCUT2D eigenvalue weighted by atomic mass is 10.1. The third-order valence-electron chi connectivity index (χ3n) is 7.20. The van der Waals surface area contributed by atoms with Crippen LogP contribution in [-0.4, -0.2) is 53.6 Å². The van der Waals surface area contributed by atoms with Gasteiger partial charge < -0.3 is 9.30 Å². The number of fused-ring (bicyclic) bond motifs is 9. The quantitative estimate of drug-likeness (QED) is 0.383. The Bertz CT molecular complexity index is 1690. The first-order valence-corrected chi connectivity index (χ1v) is 15.1. The third-order valence-corrected chi connectivity index (χ3v) is 7.86. The number of imidazole rings is 1. The standard InChI is InChI=1S/C27H31N7O3S/c1-16-9-19-11-23(29-16)21-13-28-33(2)26(21)37-15-18-6-5-17(10-18)14-34-24-12-20(32-38(3,4)36)7-8-22(24)30-27(34)31-25(19)35/h7-9,11-13,17-18H,5-6,10,14-15H2,1-4H3,(H,30,31,35)/t17-,18+/m1/s1. The van der Waals surface area contributed by atoms with Crippen molar-refractivity contribution >= 4 is 38.3 Å². The molecule has 0 spiro atoms. The summed E-state index contributed by atoms with van der Waals surface area (Å²) in [6, 6.07) is 9.12. The maximum absolute atomic E-state index is 13.5. The van der Waals surface area contributed by atoms with Crippen molar-refractivity contribution in [2.24, 2.45) is 23.2 Å². The molecule has 0 radical (unpaired) electrons. The van der Waals surface area contributed by atoms with Crippen LogP contribution in [0.25, 0.3) is 22.3 Å². The van der Waals surface area contributed by atoms with Crippen LogP contribution < -0.4 is 10.1 Å². The molecule has 2 atom stereocenters. The highest BCUT2D eigenvalue weighted by atomic mass is 32.2. The van der Waals surface area contributed by atoms with E-state index in [-0.39, 0.29) is 5.91 Å². The number of aryl methyl sites for hydroxylation is 2. The Morgan fingerprint density at radius 1 is 1.13 bits per heavy atom. The molecule has 1 amide bonds. The summed E-state index contributed by atoms with van der Waals surface area (Å²) >= 11 is 0. The van der Waals surface area contributed by atoms with Gasteiger partial charge in [0.25, 0.3) is 5.91 Å². The summed E-state index contributed by atoms with van der Waals surface area (Å²) in [5, 5.41) is 7.46. The van der Waals surface area contributed by atoms with Crippen molar-refractivity contribution in [1.29, 1.82) is 0 Å². The molecule has 38 heavy (non-hydrogen) atoms. The summed E-state index contributed by atoms with van der Waals surface area (Å²) in [5.74, 6) is 1.70. The number of pyridine rings is 1. The Morgan fingerprint density at radius 2 is 1.95 bits per heavy atom. The van der Waals surface area contributed by atoms with E-state index in [1.54, 1.807) is 35.5 Å².